The Balaban J connectivity index is 1.94. The normalized spacial score (nSPS) is 17.7. The predicted octanol–water partition coefficient (Wildman–Crippen LogP) is 3.52. The van der Waals surface area contributed by atoms with Gasteiger partial charge in [-0.25, -0.2) is 4.39 Å². The lowest BCUT2D eigenvalue weighted by molar-refractivity contribution is 0.0305. The summed E-state index contributed by atoms with van der Waals surface area (Å²) in [6, 6.07) is 4.75. The number of halogens is 1. The zero-order chi connectivity index (χ0) is 12.8. The molecule has 3 heteroatoms. The van der Waals surface area contributed by atoms with Gasteiger partial charge in [0.05, 0.1) is 12.7 Å². The maximum atomic E-state index is 13.2. The molecule has 18 heavy (non-hydrogen) atoms. The van der Waals surface area contributed by atoms with Gasteiger partial charge in [0.15, 0.2) is 0 Å². The summed E-state index contributed by atoms with van der Waals surface area (Å²) in [4.78, 5) is 0. The Morgan fingerprint density at radius 1 is 1.11 bits per heavy atom. The van der Waals surface area contributed by atoms with Crippen molar-refractivity contribution in [3.63, 3.8) is 0 Å². The largest absolute Gasteiger partial charge is 0.374 e. The molecule has 2 nitrogen and oxygen atoms in total. The minimum absolute atomic E-state index is 0.216. The van der Waals surface area contributed by atoms with Crippen molar-refractivity contribution >= 4 is 0 Å². The quantitative estimate of drug-likeness (QED) is 0.831. The number of benzene rings is 1. The minimum atomic E-state index is -0.216. The Kier molecular flexibility index (Phi) is 5.14. The Bertz CT molecular complexity index is 373. The van der Waals surface area contributed by atoms with Gasteiger partial charge in [0.2, 0.25) is 0 Å². The molecule has 0 aliphatic heterocycles. The van der Waals surface area contributed by atoms with Gasteiger partial charge < -0.3 is 10.5 Å². The number of hydrogen-bond donors (Lipinski definition) is 1. The van der Waals surface area contributed by atoms with Crippen LogP contribution in [0.2, 0.25) is 0 Å². The molecule has 1 saturated carbocycles. The fourth-order valence-electron chi connectivity index (χ4n) is 2.54. The van der Waals surface area contributed by atoms with Gasteiger partial charge in [0.1, 0.15) is 5.82 Å². The second-order valence-corrected chi connectivity index (χ2v) is 5.04. The molecule has 0 bridgehead atoms. The summed E-state index contributed by atoms with van der Waals surface area (Å²) in [6.45, 7) is 0.915. The highest BCUT2D eigenvalue weighted by atomic mass is 19.1. The summed E-state index contributed by atoms with van der Waals surface area (Å²) in [5.41, 5.74) is 7.52. The summed E-state index contributed by atoms with van der Waals surface area (Å²) < 4.78 is 19.1. The molecule has 1 aromatic carbocycles. The summed E-state index contributed by atoms with van der Waals surface area (Å²) in [7, 11) is 0. The van der Waals surface area contributed by atoms with Gasteiger partial charge >= 0.3 is 0 Å². The Morgan fingerprint density at radius 3 is 2.50 bits per heavy atom. The van der Waals surface area contributed by atoms with Crippen molar-refractivity contribution in [3.8, 4) is 0 Å². The van der Waals surface area contributed by atoms with Gasteiger partial charge in [-0.1, -0.05) is 31.7 Å². The van der Waals surface area contributed by atoms with Crippen LogP contribution in [0.5, 0.6) is 0 Å². The molecule has 0 radical (unpaired) electrons. The van der Waals surface area contributed by atoms with Gasteiger partial charge in [-0.15, -0.1) is 0 Å². The van der Waals surface area contributed by atoms with Gasteiger partial charge in [0, 0.05) is 6.54 Å². The predicted molar refractivity (Wildman–Crippen MR) is 70.6 cm³/mol. The van der Waals surface area contributed by atoms with E-state index in [0.717, 1.165) is 24.0 Å². The van der Waals surface area contributed by atoms with E-state index in [1.54, 1.807) is 12.1 Å². The van der Waals surface area contributed by atoms with E-state index >= 15 is 0 Å². The van der Waals surface area contributed by atoms with E-state index in [0.29, 0.717) is 19.3 Å². The standard InChI is InChI=1S/C15H22FNO/c16-14-8-7-12(10-17)13(9-14)11-18-15-5-3-1-2-4-6-15/h7-9,15H,1-6,10-11,17H2. The van der Waals surface area contributed by atoms with Crippen LogP contribution in [0.25, 0.3) is 0 Å². The molecule has 2 rings (SSSR count). The molecule has 0 heterocycles. The second-order valence-electron chi connectivity index (χ2n) is 5.04. The van der Waals surface area contributed by atoms with Gasteiger partial charge in [-0.3, -0.25) is 0 Å². The summed E-state index contributed by atoms with van der Waals surface area (Å²) >= 11 is 0. The molecular formula is C15H22FNO. The van der Waals surface area contributed by atoms with E-state index in [1.807, 2.05) is 0 Å². The first-order chi connectivity index (χ1) is 8.79. The van der Waals surface area contributed by atoms with Crippen molar-refractivity contribution in [3.05, 3.63) is 35.1 Å². The minimum Gasteiger partial charge on any atom is -0.374 e. The smallest absolute Gasteiger partial charge is 0.123 e. The van der Waals surface area contributed by atoms with Crippen LogP contribution in [-0.2, 0) is 17.9 Å². The fourth-order valence-corrected chi connectivity index (χ4v) is 2.54. The van der Waals surface area contributed by atoms with E-state index in [9.17, 15) is 4.39 Å². The Morgan fingerprint density at radius 2 is 1.83 bits per heavy atom. The number of rotatable bonds is 4. The molecule has 0 atom stereocenters. The third kappa shape index (κ3) is 3.79. The van der Waals surface area contributed by atoms with Crippen molar-refractivity contribution in [1.82, 2.24) is 0 Å². The molecular weight excluding hydrogens is 229 g/mol. The summed E-state index contributed by atoms with van der Waals surface area (Å²) in [5, 5.41) is 0. The molecule has 0 aromatic heterocycles. The highest BCUT2D eigenvalue weighted by molar-refractivity contribution is 5.27. The van der Waals surface area contributed by atoms with E-state index in [2.05, 4.69) is 0 Å². The second kappa shape index (κ2) is 6.86. The molecule has 0 spiro atoms. The number of nitrogens with two attached hydrogens (primary N) is 1. The highest BCUT2D eigenvalue weighted by Crippen LogP contribution is 2.21. The van der Waals surface area contributed by atoms with Crippen LogP contribution in [0.3, 0.4) is 0 Å². The first-order valence-electron chi connectivity index (χ1n) is 6.88. The molecule has 0 unspecified atom stereocenters. The van der Waals surface area contributed by atoms with Crippen molar-refractivity contribution in [2.75, 3.05) is 0 Å². The van der Waals surface area contributed by atoms with Crippen LogP contribution in [-0.4, -0.2) is 6.10 Å². The van der Waals surface area contributed by atoms with Crippen molar-refractivity contribution < 1.29 is 9.13 Å². The van der Waals surface area contributed by atoms with Crippen molar-refractivity contribution in [2.45, 2.75) is 57.8 Å². The average Bonchev–Trinajstić information content (AvgIpc) is 2.65. The third-order valence-electron chi connectivity index (χ3n) is 3.66. The Hall–Kier alpha value is -0.930. The lowest BCUT2D eigenvalue weighted by atomic mass is 10.1. The first-order valence-corrected chi connectivity index (χ1v) is 6.88. The van der Waals surface area contributed by atoms with Crippen LogP contribution < -0.4 is 5.73 Å². The summed E-state index contributed by atoms with van der Waals surface area (Å²) in [5.74, 6) is -0.216. The SMILES string of the molecule is NCc1ccc(F)cc1COC1CCCCCC1. The molecule has 0 amide bonds. The first kappa shape index (κ1) is 13.5. The van der Waals surface area contributed by atoms with Crippen LogP contribution >= 0.6 is 0 Å². The highest BCUT2D eigenvalue weighted by Gasteiger charge is 2.13. The number of ether oxygens (including phenoxy) is 1. The van der Waals surface area contributed by atoms with Gasteiger partial charge in [-0.05, 0) is 36.1 Å². The van der Waals surface area contributed by atoms with E-state index in [1.165, 1.54) is 31.7 Å². The monoisotopic (exact) mass is 251 g/mol. The van der Waals surface area contributed by atoms with Crippen LogP contribution in [0.4, 0.5) is 4.39 Å². The number of hydrogen-bond acceptors (Lipinski definition) is 2. The molecule has 1 aliphatic carbocycles. The average molecular weight is 251 g/mol. The van der Waals surface area contributed by atoms with Gasteiger partial charge in [-0.2, -0.15) is 0 Å². The summed E-state index contributed by atoms with van der Waals surface area (Å²) in [6.07, 6.45) is 7.72. The topological polar surface area (TPSA) is 35.2 Å². The molecule has 1 aliphatic rings. The van der Waals surface area contributed by atoms with Crippen LogP contribution in [0, 0.1) is 5.82 Å². The molecule has 0 saturated heterocycles. The molecule has 100 valence electrons. The van der Waals surface area contributed by atoms with Crippen molar-refractivity contribution in [1.29, 1.82) is 0 Å². The van der Waals surface area contributed by atoms with Crippen LogP contribution in [0.1, 0.15) is 49.7 Å². The molecule has 2 N–H and O–H groups in total. The fraction of sp³-hybridized carbons (Fsp3) is 0.600. The maximum Gasteiger partial charge on any atom is 0.123 e. The zero-order valence-electron chi connectivity index (χ0n) is 10.8. The zero-order valence-corrected chi connectivity index (χ0v) is 10.8. The van der Waals surface area contributed by atoms with E-state index in [-0.39, 0.29) is 5.82 Å². The molecule has 1 fully saturated rings. The lowest BCUT2D eigenvalue weighted by Gasteiger charge is -2.16. The third-order valence-corrected chi connectivity index (χ3v) is 3.66. The van der Waals surface area contributed by atoms with E-state index in [4.69, 9.17) is 10.5 Å². The van der Waals surface area contributed by atoms with Gasteiger partial charge in [0.25, 0.3) is 0 Å². The maximum absolute atomic E-state index is 13.2. The Labute approximate surface area is 108 Å². The molecule has 1 aromatic rings. The lowest BCUT2D eigenvalue weighted by Crippen LogP contribution is -2.13. The van der Waals surface area contributed by atoms with Crippen LogP contribution in [0.15, 0.2) is 18.2 Å². The van der Waals surface area contributed by atoms with Crippen molar-refractivity contribution in [2.24, 2.45) is 5.73 Å². The van der Waals surface area contributed by atoms with E-state index < -0.39 is 0 Å².